The highest BCUT2D eigenvalue weighted by Gasteiger charge is 2.25. The zero-order chi connectivity index (χ0) is 18.6. The van der Waals surface area contributed by atoms with Crippen LogP contribution in [0.5, 0.6) is 0 Å². The van der Waals surface area contributed by atoms with Crippen molar-refractivity contribution >= 4 is 28.6 Å². The number of aryl methyl sites for hydroxylation is 1. The highest BCUT2D eigenvalue weighted by Crippen LogP contribution is 2.27. The lowest BCUT2D eigenvalue weighted by Crippen LogP contribution is -2.30. The smallest absolute Gasteiger partial charge is 0.257 e. The van der Waals surface area contributed by atoms with Crippen LogP contribution >= 0.6 is 22.7 Å². The van der Waals surface area contributed by atoms with Gasteiger partial charge in [-0.2, -0.15) is 11.3 Å². The van der Waals surface area contributed by atoms with Crippen LogP contribution in [0.3, 0.4) is 0 Å². The van der Waals surface area contributed by atoms with Crippen LogP contribution in [0.2, 0.25) is 0 Å². The highest BCUT2D eigenvalue weighted by molar-refractivity contribution is 7.09. The topological polar surface area (TPSA) is 80.9 Å². The van der Waals surface area contributed by atoms with E-state index >= 15 is 0 Å². The number of rotatable bonds is 6. The molecule has 6 nitrogen and oxygen atoms in total. The molecule has 0 aliphatic carbocycles. The summed E-state index contributed by atoms with van der Waals surface area (Å²) in [6.07, 6.45) is 5.76. The Hall–Kier alpha value is -2.84. The summed E-state index contributed by atoms with van der Waals surface area (Å²) in [5, 5.41) is 14.1. The lowest BCUT2D eigenvalue weighted by atomic mass is 10.1. The van der Waals surface area contributed by atoms with Gasteiger partial charge in [0.05, 0.1) is 6.04 Å². The predicted molar refractivity (Wildman–Crippen MR) is 105 cm³/mol. The summed E-state index contributed by atoms with van der Waals surface area (Å²) < 4.78 is 5.30. The fraction of sp³-hybridized carbons (Fsp3) is 0.158. The normalized spacial score (nSPS) is 12.0. The molecule has 1 amide bonds. The number of pyridine rings is 1. The van der Waals surface area contributed by atoms with Crippen molar-refractivity contribution in [1.82, 2.24) is 20.4 Å². The SMILES string of the molecule is Cc1onc(-c2cccnc2)c1C(=O)N[C@@H](Cc1ccsc1)c1nccs1. The van der Waals surface area contributed by atoms with Gasteiger partial charge in [0.25, 0.3) is 5.91 Å². The van der Waals surface area contributed by atoms with Crippen molar-refractivity contribution < 1.29 is 9.32 Å². The Bertz CT molecular complexity index is 1010. The van der Waals surface area contributed by atoms with Gasteiger partial charge in [0.1, 0.15) is 22.0 Å². The molecule has 0 aliphatic rings. The Kier molecular flexibility index (Phi) is 5.08. The molecule has 4 aromatic rings. The molecule has 27 heavy (non-hydrogen) atoms. The number of hydrogen-bond acceptors (Lipinski definition) is 7. The minimum Gasteiger partial charge on any atom is -0.360 e. The van der Waals surface area contributed by atoms with E-state index in [1.165, 1.54) is 11.3 Å². The van der Waals surface area contributed by atoms with Gasteiger partial charge in [-0.1, -0.05) is 5.16 Å². The van der Waals surface area contributed by atoms with Gasteiger partial charge in [0.15, 0.2) is 0 Å². The van der Waals surface area contributed by atoms with Crippen molar-refractivity contribution in [2.75, 3.05) is 0 Å². The predicted octanol–water partition coefficient (Wildman–Crippen LogP) is 4.28. The summed E-state index contributed by atoms with van der Waals surface area (Å²) >= 11 is 3.16. The van der Waals surface area contributed by atoms with Gasteiger partial charge >= 0.3 is 0 Å². The number of aromatic nitrogens is 3. The lowest BCUT2D eigenvalue weighted by molar-refractivity contribution is 0.0935. The molecular formula is C19H16N4O2S2. The number of carbonyl (C=O) groups excluding carboxylic acids is 1. The standard InChI is InChI=1S/C19H16N4O2S2/c1-12-16(17(23-25-12)14-3-2-5-20-10-14)18(24)22-15(19-21-6-8-27-19)9-13-4-7-26-11-13/h2-8,10-11,15H,9H2,1H3,(H,22,24)/t15-/m0/s1. The second-order valence-electron chi connectivity index (χ2n) is 5.94. The van der Waals surface area contributed by atoms with E-state index in [0.717, 1.165) is 16.1 Å². The molecular weight excluding hydrogens is 380 g/mol. The molecule has 136 valence electrons. The maximum atomic E-state index is 13.1. The van der Waals surface area contributed by atoms with Crippen molar-refractivity contribution in [2.24, 2.45) is 0 Å². The van der Waals surface area contributed by atoms with Crippen LogP contribution in [0.15, 0.2) is 57.5 Å². The van der Waals surface area contributed by atoms with Crippen LogP contribution in [0.4, 0.5) is 0 Å². The van der Waals surface area contributed by atoms with E-state index < -0.39 is 0 Å². The van der Waals surface area contributed by atoms with E-state index in [1.807, 2.05) is 16.8 Å². The largest absolute Gasteiger partial charge is 0.360 e. The maximum Gasteiger partial charge on any atom is 0.257 e. The number of hydrogen-bond donors (Lipinski definition) is 1. The molecule has 4 aromatic heterocycles. The first kappa shape index (κ1) is 17.6. The fourth-order valence-corrected chi connectivity index (χ4v) is 4.19. The highest BCUT2D eigenvalue weighted by atomic mass is 32.1. The summed E-state index contributed by atoms with van der Waals surface area (Å²) in [4.78, 5) is 21.6. The molecule has 0 bridgehead atoms. The molecule has 0 radical (unpaired) electrons. The second kappa shape index (κ2) is 7.81. The van der Waals surface area contributed by atoms with Gasteiger partial charge in [-0.05, 0) is 41.4 Å². The Morgan fingerprint density at radius 3 is 2.93 bits per heavy atom. The molecule has 0 saturated carbocycles. The van der Waals surface area contributed by atoms with Crippen LogP contribution in [0.1, 0.15) is 32.7 Å². The number of carbonyl (C=O) groups is 1. The van der Waals surface area contributed by atoms with Gasteiger partial charge in [-0.25, -0.2) is 4.98 Å². The first-order valence-corrected chi connectivity index (χ1v) is 10.1. The molecule has 1 atom stereocenters. The third kappa shape index (κ3) is 3.81. The Labute approximate surface area is 163 Å². The molecule has 0 saturated heterocycles. The van der Waals surface area contributed by atoms with E-state index in [-0.39, 0.29) is 11.9 Å². The van der Waals surface area contributed by atoms with Crippen LogP contribution in [0.25, 0.3) is 11.3 Å². The van der Waals surface area contributed by atoms with Crippen molar-refractivity contribution in [2.45, 2.75) is 19.4 Å². The van der Waals surface area contributed by atoms with Gasteiger partial charge < -0.3 is 9.84 Å². The Morgan fingerprint density at radius 2 is 2.22 bits per heavy atom. The number of thiophene rings is 1. The molecule has 4 rings (SSSR count). The van der Waals surface area contributed by atoms with Crippen molar-refractivity contribution in [3.05, 3.63) is 74.8 Å². The van der Waals surface area contributed by atoms with Gasteiger partial charge in [-0.3, -0.25) is 9.78 Å². The molecule has 1 N–H and O–H groups in total. The summed E-state index contributed by atoms with van der Waals surface area (Å²) in [6.45, 7) is 1.74. The zero-order valence-corrected chi connectivity index (χ0v) is 16.1. The van der Waals surface area contributed by atoms with E-state index in [0.29, 0.717) is 23.4 Å². The average Bonchev–Trinajstić information content (AvgIpc) is 3.44. The van der Waals surface area contributed by atoms with Crippen LogP contribution < -0.4 is 5.32 Å². The molecule has 0 fully saturated rings. The maximum absolute atomic E-state index is 13.1. The second-order valence-corrected chi connectivity index (χ2v) is 7.64. The van der Waals surface area contributed by atoms with Gasteiger partial charge in [-0.15, -0.1) is 11.3 Å². The van der Waals surface area contributed by atoms with E-state index in [1.54, 1.807) is 42.9 Å². The molecule has 0 aromatic carbocycles. The zero-order valence-electron chi connectivity index (χ0n) is 14.5. The third-order valence-corrected chi connectivity index (χ3v) is 5.72. The third-order valence-electron chi connectivity index (χ3n) is 4.10. The van der Waals surface area contributed by atoms with E-state index in [4.69, 9.17) is 4.52 Å². The van der Waals surface area contributed by atoms with Crippen molar-refractivity contribution in [3.8, 4) is 11.3 Å². The van der Waals surface area contributed by atoms with Gasteiger partial charge in [0.2, 0.25) is 0 Å². The minimum atomic E-state index is -0.233. The number of nitrogens with zero attached hydrogens (tertiary/aromatic N) is 3. The summed E-state index contributed by atoms with van der Waals surface area (Å²) in [5.41, 5.74) is 2.82. The average molecular weight is 396 g/mol. The first-order chi connectivity index (χ1) is 13.2. The summed E-state index contributed by atoms with van der Waals surface area (Å²) in [5.74, 6) is 0.239. The van der Waals surface area contributed by atoms with Crippen LogP contribution in [-0.4, -0.2) is 21.0 Å². The number of nitrogens with one attached hydrogen (secondary N) is 1. The summed E-state index contributed by atoms with van der Waals surface area (Å²) in [6, 6.07) is 5.49. The summed E-state index contributed by atoms with van der Waals surface area (Å²) in [7, 11) is 0. The first-order valence-electron chi connectivity index (χ1n) is 8.30. The minimum absolute atomic E-state index is 0.219. The van der Waals surface area contributed by atoms with E-state index in [9.17, 15) is 4.79 Å². The fourth-order valence-electron chi connectivity index (χ4n) is 2.82. The molecule has 0 aliphatic heterocycles. The molecule has 0 spiro atoms. The van der Waals surface area contributed by atoms with E-state index in [2.05, 4.69) is 31.9 Å². The van der Waals surface area contributed by atoms with Crippen molar-refractivity contribution in [1.29, 1.82) is 0 Å². The monoisotopic (exact) mass is 396 g/mol. The van der Waals surface area contributed by atoms with Crippen LogP contribution in [0, 0.1) is 6.92 Å². The number of amides is 1. The number of thiazole rings is 1. The molecule has 4 heterocycles. The van der Waals surface area contributed by atoms with Gasteiger partial charge in [0, 0.05) is 36.0 Å². The Balaban J connectivity index is 1.63. The Morgan fingerprint density at radius 1 is 1.30 bits per heavy atom. The lowest BCUT2D eigenvalue weighted by Gasteiger charge is -2.16. The van der Waals surface area contributed by atoms with Crippen molar-refractivity contribution in [3.63, 3.8) is 0 Å². The quantitative estimate of drug-likeness (QED) is 0.526. The molecule has 0 unspecified atom stereocenters. The van der Waals surface area contributed by atoms with Crippen LogP contribution in [-0.2, 0) is 6.42 Å². The molecule has 8 heteroatoms.